The molecule has 0 radical (unpaired) electrons. The first-order valence-electron chi connectivity index (χ1n) is 9.08. The summed E-state index contributed by atoms with van der Waals surface area (Å²) in [7, 11) is 0. The molecule has 8 nitrogen and oxygen atoms in total. The molecule has 0 N–H and O–H groups in total. The summed E-state index contributed by atoms with van der Waals surface area (Å²) in [5.74, 6) is 1.34. The minimum absolute atomic E-state index is 0.0219. The first-order chi connectivity index (χ1) is 13.0. The number of hydrogen-bond donors (Lipinski definition) is 0. The standard InChI is InChI=1S/C18H23N5O3S/c1-13(2)22-10-19-23(18(22)27)11-20-5-7-21(8-6-20)17(24)14-3-4-15-16(9-14)26-12-25-15/h3-4,9-10,13H,5-8,11-12H2,1-2H3. The molecule has 1 saturated heterocycles. The van der Waals surface area contributed by atoms with Crippen LogP contribution in [0.25, 0.3) is 0 Å². The first kappa shape index (κ1) is 18.0. The van der Waals surface area contributed by atoms with Gasteiger partial charge in [-0.2, -0.15) is 5.10 Å². The van der Waals surface area contributed by atoms with E-state index in [1.807, 2.05) is 14.1 Å². The van der Waals surface area contributed by atoms with Crippen LogP contribution in [0.4, 0.5) is 0 Å². The molecule has 0 aliphatic carbocycles. The normalized spacial score (nSPS) is 16.9. The number of fused-ring (bicyclic) bond motifs is 1. The Morgan fingerprint density at radius 2 is 1.93 bits per heavy atom. The summed E-state index contributed by atoms with van der Waals surface area (Å²) in [5, 5.41) is 4.39. The van der Waals surface area contributed by atoms with Crippen LogP contribution < -0.4 is 9.47 Å². The molecular weight excluding hydrogens is 366 g/mol. The van der Waals surface area contributed by atoms with Crippen molar-refractivity contribution in [3.63, 3.8) is 0 Å². The van der Waals surface area contributed by atoms with Crippen molar-refractivity contribution in [3.05, 3.63) is 34.9 Å². The number of carbonyl (C=O) groups excluding carboxylic acids is 1. The first-order valence-corrected chi connectivity index (χ1v) is 9.49. The zero-order chi connectivity index (χ0) is 19.0. The zero-order valence-corrected chi connectivity index (χ0v) is 16.3. The number of rotatable bonds is 4. The Morgan fingerprint density at radius 1 is 1.19 bits per heavy atom. The van der Waals surface area contributed by atoms with E-state index < -0.39 is 0 Å². The van der Waals surface area contributed by atoms with E-state index >= 15 is 0 Å². The van der Waals surface area contributed by atoms with Gasteiger partial charge in [-0.3, -0.25) is 9.69 Å². The molecule has 1 aromatic carbocycles. The lowest BCUT2D eigenvalue weighted by Crippen LogP contribution is -2.49. The molecule has 0 spiro atoms. The van der Waals surface area contributed by atoms with E-state index in [1.165, 1.54) is 0 Å². The number of benzene rings is 1. The average molecular weight is 389 g/mol. The summed E-state index contributed by atoms with van der Waals surface area (Å²) in [6, 6.07) is 5.63. The third-order valence-corrected chi connectivity index (χ3v) is 5.35. The van der Waals surface area contributed by atoms with E-state index in [-0.39, 0.29) is 12.7 Å². The van der Waals surface area contributed by atoms with E-state index in [1.54, 1.807) is 24.5 Å². The van der Waals surface area contributed by atoms with Crippen molar-refractivity contribution in [2.24, 2.45) is 0 Å². The van der Waals surface area contributed by atoms with E-state index in [2.05, 4.69) is 23.8 Å². The number of hydrogen-bond acceptors (Lipinski definition) is 6. The summed E-state index contributed by atoms with van der Waals surface area (Å²) >= 11 is 5.49. The smallest absolute Gasteiger partial charge is 0.254 e. The SMILES string of the molecule is CC(C)n1cnn(CN2CCN(C(=O)c3ccc4c(c3)OCO4)CC2)c1=S. The van der Waals surface area contributed by atoms with Crippen LogP contribution in [0.5, 0.6) is 11.5 Å². The van der Waals surface area contributed by atoms with Gasteiger partial charge in [0, 0.05) is 37.8 Å². The van der Waals surface area contributed by atoms with E-state index in [9.17, 15) is 4.79 Å². The molecule has 0 saturated carbocycles. The number of piperazine rings is 1. The molecule has 2 aromatic rings. The maximum Gasteiger partial charge on any atom is 0.254 e. The molecule has 4 rings (SSSR count). The second-order valence-corrected chi connectivity index (χ2v) is 7.40. The van der Waals surface area contributed by atoms with Crippen molar-refractivity contribution < 1.29 is 14.3 Å². The van der Waals surface area contributed by atoms with Gasteiger partial charge in [0.05, 0.1) is 6.67 Å². The second-order valence-electron chi connectivity index (χ2n) is 7.03. The largest absolute Gasteiger partial charge is 0.454 e. The third kappa shape index (κ3) is 3.57. The molecule has 27 heavy (non-hydrogen) atoms. The van der Waals surface area contributed by atoms with Crippen molar-refractivity contribution in [3.8, 4) is 11.5 Å². The third-order valence-electron chi connectivity index (χ3n) is 4.93. The van der Waals surface area contributed by atoms with Gasteiger partial charge in [-0.05, 0) is 44.3 Å². The van der Waals surface area contributed by atoms with Gasteiger partial charge in [-0.1, -0.05) is 0 Å². The summed E-state index contributed by atoms with van der Waals surface area (Å²) in [4.78, 5) is 16.9. The van der Waals surface area contributed by atoms with Crippen LogP contribution in [-0.4, -0.2) is 63.0 Å². The fraction of sp³-hybridized carbons (Fsp3) is 0.500. The second kappa shape index (κ2) is 7.32. The van der Waals surface area contributed by atoms with Crippen LogP contribution in [0.15, 0.2) is 24.5 Å². The Labute approximate surface area is 162 Å². The van der Waals surface area contributed by atoms with Gasteiger partial charge in [0.2, 0.25) is 6.79 Å². The molecule has 2 aliphatic rings. The highest BCUT2D eigenvalue weighted by Crippen LogP contribution is 2.32. The Morgan fingerprint density at radius 3 is 2.63 bits per heavy atom. The van der Waals surface area contributed by atoms with Gasteiger partial charge in [-0.25, -0.2) is 4.68 Å². The fourth-order valence-corrected chi connectivity index (χ4v) is 3.66. The highest BCUT2D eigenvalue weighted by Gasteiger charge is 2.24. The Bertz CT molecular complexity index is 899. The van der Waals surface area contributed by atoms with Crippen molar-refractivity contribution >= 4 is 18.1 Å². The van der Waals surface area contributed by atoms with Crippen LogP contribution in [0, 0.1) is 4.77 Å². The molecule has 0 bridgehead atoms. The quantitative estimate of drug-likeness (QED) is 0.747. The predicted octanol–water partition coefficient (Wildman–Crippen LogP) is 2.14. The molecule has 144 valence electrons. The van der Waals surface area contributed by atoms with Crippen molar-refractivity contribution in [1.82, 2.24) is 24.1 Å². The molecular formula is C18H23N5O3S. The molecule has 3 heterocycles. The van der Waals surface area contributed by atoms with Gasteiger partial charge < -0.3 is 18.9 Å². The van der Waals surface area contributed by atoms with E-state index in [0.717, 1.165) is 17.9 Å². The van der Waals surface area contributed by atoms with Crippen LogP contribution in [0.2, 0.25) is 0 Å². The summed E-state index contributed by atoms with van der Waals surface area (Å²) < 4.78 is 15.2. The number of ether oxygens (including phenoxy) is 2. The van der Waals surface area contributed by atoms with Crippen molar-refractivity contribution in [1.29, 1.82) is 0 Å². The number of aromatic nitrogens is 3. The van der Waals surface area contributed by atoms with Gasteiger partial charge >= 0.3 is 0 Å². The van der Waals surface area contributed by atoms with E-state index in [4.69, 9.17) is 21.7 Å². The van der Waals surface area contributed by atoms with Gasteiger partial charge in [0.15, 0.2) is 16.3 Å². The average Bonchev–Trinajstić information content (AvgIpc) is 3.28. The Kier molecular flexibility index (Phi) is 4.88. The molecule has 2 aliphatic heterocycles. The molecule has 9 heteroatoms. The van der Waals surface area contributed by atoms with E-state index in [0.29, 0.717) is 42.9 Å². The number of amides is 1. The zero-order valence-electron chi connectivity index (χ0n) is 15.5. The van der Waals surface area contributed by atoms with Crippen molar-refractivity contribution in [2.75, 3.05) is 33.0 Å². The lowest BCUT2D eigenvalue weighted by atomic mass is 10.1. The lowest BCUT2D eigenvalue weighted by Gasteiger charge is -2.34. The molecule has 0 unspecified atom stereocenters. The summed E-state index contributed by atoms with van der Waals surface area (Å²) in [5.41, 5.74) is 0.630. The van der Waals surface area contributed by atoms with Crippen LogP contribution >= 0.6 is 12.2 Å². The topological polar surface area (TPSA) is 64.8 Å². The minimum atomic E-state index is 0.0219. The minimum Gasteiger partial charge on any atom is -0.454 e. The number of nitrogens with zero attached hydrogens (tertiary/aromatic N) is 5. The lowest BCUT2D eigenvalue weighted by molar-refractivity contribution is 0.0584. The fourth-order valence-electron chi connectivity index (χ4n) is 3.30. The Hall–Kier alpha value is -2.39. The maximum absolute atomic E-state index is 12.8. The maximum atomic E-state index is 12.8. The molecule has 1 fully saturated rings. The highest BCUT2D eigenvalue weighted by atomic mass is 32.1. The summed E-state index contributed by atoms with van der Waals surface area (Å²) in [6.45, 7) is 7.94. The van der Waals surface area contributed by atoms with Crippen LogP contribution in [0.1, 0.15) is 30.2 Å². The molecule has 1 aromatic heterocycles. The Balaban J connectivity index is 1.36. The van der Waals surface area contributed by atoms with Gasteiger partial charge in [0.25, 0.3) is 5.91 Å². The summed E-state index contributed by atoms with van der Waals surface area (Å²) in [6.07, 6.45) is 1.78. The van der Waals surface area contributed by atoms with Gasteiger partial charge in [-0.15, -0.1) is 0 Å². The number of carbonyl (C=O) groups is 1. The van der Waals surface area contributed by atoms with Crippen LogP contribution in [-0.2, 0) is 6.67 Å². The van der Waals surface area contributed by atoms with Crippen molar-refractivity contribution in [2.45, 2.75) is 26.6 Å². The molecule has 1 amide bonds. The predicted molar refractivity (Wildman–Crippen MR) is 101 cm³/mol. The monoisotopic (exact) mass is 389 g/mol. The van der Waals surface area contributed by atoms with Gasteiger partial charge in [0.1, 0.15) is 6.33 Å². The highest BCUT2D eigenvalue weighted by molar-refractivity contribution is 7.71. The van der Waals surface area contributed by atoms with Crippen LogP contribution in [0.3, 0.4) is 0 Å². The molecule has 0 atom stereocenters.